The Kier molecular flexibility index (Phi) is 6.23. The fraction of sp³-hybridized carbons (Fsp3) is 0.714. The van der Waals surface area contributed by atoms with Crippen molar-refractivity contribution in [1.82, 2.24) is 10.6 Å². The molecule has 94 valence electrons. The second kappa shape index (κ2) is 6.88. The number of imide groups is 1. The zero-order chi connectivity index (χ0) is 12.6. The standard InChI is InChI=1S/C7H11F3N2O4/c1-15-2-3-16-6(14)12-5(13)11-4-7(8,9)10/h2-4H2,1H3,(H2,11,12,13,14). The van der Waals surface area contributed by atoms with Crippen molar-refractivity contribution in [1.29, 1.82) is 0 Å². The van der Waals surface area contributed by atoms with Crippen molar-refractivity contribution >= 4 is 12.1 Å². The van der Waals surface area contributed by atoms with Crippen LogP contribution in [0, 0.1) is 0 Å². The van der Waals surface area contributed by atoms with E-state index in [1.165, 1.54) is 12.4 Å². The summed E-state index contributed by atoms with van der Waals surface area (Å²) in [5, 5.41) is 2.98. The van der Waals surface area contributed by atoms with Gasteiger partial charge in [0.15, 0.2) is 0 Å². The molecule has 0 unspecified atom stereocenters. The smallest absolute Gasteiger partial charge is 0.415 e. The number of nitrogens with one attached hydrogen (secondary N) is 2. The zero-order valence-corrected chi connectivity index (χ0v) is 8.39. The molecule has 0 saturated heterocycles. The summed E-state index contributed by atoms with van der Waals surface area (Å²) < 4.78 is 43.8. The van der Waals surface area contributed by atoms with Crippen LogP contribution >= 0.6 is 0 Å². The number of amides is 3. The molecule has 3 amide bonds. The molecule has 6 nitrogen and oxygen atoms in total. The van der Waals surface area contributed by atoms with E-state index in [4.69, 9.17) is 0 Å². The summed E-state index contributed by atoms with van der Waals surface area (Å²) in [5.41, 5.74) is 0. The van der Waals surface area contributed by atoms with E-state index in [9.17, 15) is 22.8 Å². The van der Waals surface area contributed by atoms with Crippen molar-refractivity contribution in [3.8, 4) is 0 Å². The van der Waals surface area contributed by atoms with Crippen LogP contribution < -0.4 is 10.6 Å². The average Bonchev–Trinajstić information content (AvgIpc) is 2.14. The van der Waals surface area contributed by atoms with Gasteiger partial charge < -0.3 is 14.8 Å². The van der Waals surface area contributed by atoms with E-state index in [1.807, 2.05) is 0 Å². The van der Waals surface area contributed by atoms with Gasteiger partial charge in [-0.15, -0.1) is 0 Å². The molecular weight excluding hydrogens is 233 g/mol. The summed E-state index contributed by atoms with van der Waals surface area (Å²) in [5.74, 6) is 0. The van der Waals surface area contributed by atoms with Crippen LogP contribution in [0.25, 0.3) is 0 Å². The number of methoxy groups -OCH3 is 1. The van der Waals surface area contributed by atoms with E-state index in [1.54, 1.807) is 5.32 Å². The van der Waals surface area contributed by atoms with Crippen LogP contribution in [0.5, 0.6) is 0 Å². The maximum absolute atomic E-state index is 11.6. The maximum Gasteiger partial charge on any atom is 0.415 e. The predicted octanol–water partition coefficient (Wildman–Crippen LogP) is 0.631. The molecule has 0 aliphatic rings. The van der Waals surface area contributed by atoms with Gasteiger partial charge in [0.05, 0.1) is 6.61 Å². The van der Waals surface area contributed by atoms with Crippen LogP contribution in [0.2, 0.25) is 0 Å². The Labute approximate surface area is 89.1 Å². The van der Waals surface area contributed by atoms with Crippen molar-refractivity contribution in [2.24, 2.45) is 0 Å². The molecule has 2 N–H and O–H groups in total. The molecule has 0 aliphatic carbocycles. The number of carbonyl (C=O) groups is 2. The maximum atomic E-state index is 11.6. The SMILES string of the molecule is COCCOC(=O)NC(=O)NCC(F)(F)F. The summed E-state index contributed by atoms with van der Waals surface area (Å²) in [4.78, 5) is 21.4. The number of halogens is 3. The summed E-state index contributed by atoms with van der Waals surface area (Å²) in [7, 11) is 1.37. The first-order chi connectivity index (χ1) is 7.35. The number of rotatable bonds is 4. The fourth-order valence-electron chi connectivity index (χ4n) is 0.571. The van der Waals surface area contributed by atoms with Gasteiger partial charge in [-0.2, -0.15) is 13.2 Å². The molecule has 0 heterocycles. The highest BCUT2D eigenvalue weighted by atomic mass is 19.4. The van der Waals surface area contributed by atoms with E-state index in [0.29, 0.717) is 0 Å². The van der Waals surface area contributed by atoms with Crippen molar-refractivity contribution < 1.29 is 32.2 Å². The molecule has 0 saturated carbocycles. The second-order valence-electron chi connectivity index (χ2n) is 2.55. The average molecular weight is 244 g/mol. The van der Waals surface area contributed by atoms with Gasteiger partial charge in [-0.05, 0) is 0 Å². The predicted molar refractivity (Wildman–Crippen MR) is 45.8 cm³/mol. The number of urea groups is 1. The number of alkyl carbamates (subject to hydrolysis) is 1. The second-order valence-corrected chi connectivity index (χ2v) is 2.55. The topological polar surface area (TPSA) is 76.7 Å². The molecule has 0 aromatic rings. The number of carbonyl (C=O) groups excluding carboxylic acids is 2. The minimum Gasteiger partial charge on any atom is -0.447 e. The lowest BCUT2D eigenvalue weighted by atomic mass is 10.6. The molecular formula is C7H11F3N2O4. The lowest BCUT2D eigenvalue weighted by Crippen LogP contribution is -2.43. The number of ether oxygens (including phenoxy) is 2. The Hall–Kier alpha value is -1.51. The third-order valence-electron chi connectivity index (χ3n) is 1.19. The lowest BCUT2D eigenvalue weighted by Gasteiger charge is -2.09. The summed E-state index contributed by atoms with van der Waals surface area (Å²) >= 11 is 0. The molecule has 0 aromatic heterocycles. The van der Waals surface area contributed by atoms with Crippen LogP contribution in [0.3, 0.4) is 0 Å². The molecule has 0 bridgehead atoms. The van der Waals surface area contributed by atoms with Gasteiger partial charge in [-0.1, -0.05) is 0 Å². The molecule has 0 atom stereocenters. The van der Waals surface area contributed by atoms with E-state index >= 15 is 0 Å². The van der Waals surface area contributed by atoms with E-state index in [0.717, 1.165) is 0 Å². The third kappa shape index (κ3) is 9.06. The monoisotopic (exact) mass is 244 g/mol. The summed E-state index contributed by atoms with van der Waals surface area (Å²) in [6.07, 6.45) is -5.67. The number of hydrogen-bond donors (Lipinski definition) is 2. The van der Waals surface area contributed by atoms with Gasteiger partial charge in [0.2, 0.25) is 0 Å². The van der Waals surface area contributed by atoms with E-state index < -0.39 is 24.8 Å². The Balaban J connectivity index is 3.67. The van der Waals surface area contributed by atoms with Crippen LogP contribution in [-0.2, 0) is 9.47 Å². The molecule has 0 aromatic carbocycles. The Morgan fingerprint density at radius 3 is 2.38 bits per heavy atom. The molecule has 0 radical (unpaired) electrons. The van der Waals surface area contributed by atoms with Crippen molar-refractivity contribution in [2.75, 3.05) is 26.9 Å². The van der Waals surface area contributed by atoms with Crippen LogP contribution in [0.1, 0.15) is 0 Å². The van der Waals surface area contributed by atoms with Gasteiger partial charge in [0.1, 0.15) is 13.2 Å². The minimum absolute atomic E-state index is 0.102. The highest BCUT2D eigenvalue weighted by molar-refractivity contribution is 5.90. The Morgan fingerprint density at radius 1 is 1.25 bits per heavy atom. The largest absolute Gasteiger partial charge is 0.447 e. The number of hydrogen-bond acceptors (Lipinski definition) is 4. The van der Waals surface area contributed by atoms with E-state index in [-0.39, 0.29) is 13.2 Å². The van der Waals surface area contributed by atoms with Crippen molar-refractivity contribution in [2.45, 2.75) is 6.18 Å². The molecule has 0 rings (SSSR count). The van der Waals surface area contributed by atoms with Gasteiger partial charge in [-0.25, -0.2) is 14.9 Å². The first kappa shape index (κ1) is 14.5. The van der Waals surface area contributed by atoms with Gasteiger partial charge in [0.25, 0.3) is 0 Å². The summed E-state index contributed by atoms with van der Waals surface area (Å²) in [6, 6.07) is -1.28. The molecule has 16 heavy (non-hydrogen) atoms. The lowest BCUT2D eigenvalue weighted by molar-refractivity contribution is -0.122. The Morgan fingerprint density at radius 2 is 1.88 bits per heavy atom. The first-order valence-electron chi connectivity index (χ1n) is 4.12. The summed E-state index contributed by atoms with van der Waals surface area (Å²) in [6.45, 7) is -1.50. The molecule has 0 aliphatic heterocycles. The van der Waals surface area contributed by atoms with Gasteiger partial charge in [0, 0.05) is 7.11 Å². The fourth-order valence-corrected chi connectivity index (χ4v) is 0.571. The Bertz CT molecular complexity index is 244. The normalized spacial score (nSPS) is 10.8. The van der Waals surface area contributed by atoms with Gasteiger partial charge >= 0.3 is 18.3 Å². The third-order valence-corrected chi connectivity index (χ3v) is 1.19. The highest BCUT2D eigenvalue weighted by Gasteiger charge is 2.28. The van der Waals surface area contributed by atoms with Gasteiger partial charge in [-0.3, -0.25) is 0 Å². The number of alkyl halides is 3. The minimum atomic E-state index is -4.53. The first-order valence-corrected chi connectivity index (χ1v) is 4.12. The molecule has 0 fully saturated rings. The molecule has 0 spiro atoms. The van der Waals surface area contributed by atoms with Crippen LogP contribution in [-0.4, -0.2) is 45.2 Å². The highest BCUT2D eigenvalue weighted by Crippen LogP contribution is 2.11. The van der Waals surface area contributed by atoms with E-state index in [2.05, 4.69) is 9.47 Å². The zero-order valence-electron chi connectivity index (χ0n) is 8.39. The van der Waals surface area contributed by atoms with Crippen molar-refractivity contribution in [3.05, 3.63) is 0 Å². The van der Waals surface area contributed by atoms with Crippen molar-refractivity contribution in [3.63, 3.8) is 0 Å². The van der Waals surface area contributed by atoms with Crippen LogP contribution in [0.4, 0.5) is 22.8 Å². The quantitative estimate of drug-likeness (QED) is 0.711. The molecule has 9 heteroatoms. The van der Waals surface area contributed by atoms with Crippen LogP contribution in [0.15, 0.2) is 0 Å².